The summed E-state index contributed by atoms with van der Waals surface area (Å²) in [5.41, 5.74) is 5.27. The van der Waals surface area contributed by atoms with Gasteiger partial charge in [-0.2, -0.15) is 0 Å². The van der Waals surface area contributed by atoms with Gasteiger partial charge in [0.25, 0.3) is 0 Å². The predicted octanol–water partition coefficient (Wildman–Crippen LogP) is 9.77. The molecule has 2 aromatic heterocycles. The van der Waals surface area contributed by atoms with Gasteiger partial charge in [-0.3, -0.25) is 0 Å². The van der Waals surface area contributed by atoms with Gasteiger partial charge in [0.2, 0.25) is 0 Å². The number of aromatic nitrogens is 2. The summed E-state index contributed by atoms with van der Waals surface area (Å²) in [6, 6.07) is 39.0. The SMILES string of the molecule is Cl.Cl.Cn1c2ccccc2c2c3ccccc3[cH-]c21.Cn1c2ccccc2c2c3ccccc3[cH-]c21.[CH3-].[CH3-].[Si]=[Zr]. The molecule has 204 valence electrons. The van der Waals surface area contributed by atoms with Gasteiger partial charge < -0.3 is 24.0 Å². The van der Waals surface area contributed by atoms with Crippen LogP contribution < -0.4 is 0 Å². The Morgan fingerprint density at radius 2 is 0.800 bits per heavy atom. The van der Waals surface area contributed by atoms with E-state index in [1.165, 1.54) is 88.5 Å². The van der Waals surface area contributed by atoms with Crippen LogP contribution in [0, 0.1) is 14.9 Å². The zero-order valence-electron chi connectivity index (χ0n) is 23.1. The van der Waals surface area contributed by atoms with E-state index >= 15 is 0 Å². The van der Waals surface area contributed by atoms with E-state index in [-0.39, 0.29) is 39.7 Å². The standard InChI is InChI=1S/2C16H12N.2CH3.2ClH.Si.Zr/c2*1-17-14-9-5-4-8-13(14)16-12-7-3-2-6-11(12)10-15(16)17;;;;;;/h2*2-10H,1H3;2*1H3;2*1H;;/q4*-1;;;;. The van der Waals surface area contributed by atoms with Crippen molar-refractivity contribution in [1.82, 2.24) is 9.13 Å². The number of nitrogens with zero attached hydrogens (tertiary/aromatic N) is 2. The van der Waals surface area contributed by atoms with Crippen LogP contribution in [-0.2, 0) is 37.4 Å². The summed E-state index contributed by atoms with van der Waals surface area (Å²) in [4.78, 5) is 0. The molecule has 8 rings (SSSR count). The first kappa shape index (κ1) is 33.6. The summed E-state index contributed by atoms with van der Waals surface area (Å²) in [6.07, 6.45) is 0. The van der Waals surface area contributed by atoms with Crippen LogP contribution in [0.5, 0.6) is 0 Å². The average Bonchev–Trinajstić information content (AvgIpc) is 3.66. The fourth-order valence-corrected chi connectivity index (χ4v) is 5.73. The molecule has 2 heterocycles. The minimum atomic E-state index is 0. The third kappa shape index (κ3) is 5.23. The number of halogens is 2. The molecule has 2 nitrogen and oxygen atoms in total. The predicted molar refractivity (Wildman–Crippen MR) is 180 cm³/mol. The summed E-state index contributed by atoms with van der Waals surface area (Å²) in [5.74, 6) is 0. The first-order valence-electron chi connectivity index (χ1n) is 12.0. The van der Waals surface area contributed by atoms with Crippen LogP contribution in [0.4, 0.5) is 0 Å². The molecule has 8 aromatic rings. The zero-order chi connectivity index (χ0) is 24.8. The number of benzene rings is 4. The number of rotatable bonds is 0. The van der Waals surface area contributed by atoms with E-state index in [0.717, 1.165) is 0 Å². The van der Waals surface area contributed by atoms with Crippen LogP contribution in [0.1, 0.15) is 0 Å². The Bertz CT molecular complexity index is 1880. The van der Waals surface area contributed by atoms with E-state index in [1.807, 2.05) is 0 Å². The van der Waals surface area contributed by atoms with Crippen molar-refractivity contribution in [2.45, 2.75) is 0 Å². The Balaban J connectivity index is 0.000000241. The van der Waals surface area contributed by atoms with Crippen molar-refractivity contribution >= 4 is 96.9 Å². The van der Waals surface area contributed by atoms with Crippen molar-refractivity contribution in [3.05, 3.63) is 124 Å². The molecule has 2 radical (unpaired) electrons. The van der Waals surface area contributed by atoms with Crippen LogP contribution in [0.15, 0.2) is 109 Å². The monoisotopic (exact) mass is 656 g/mol. The van der Waals surface area contributed by atoms with Gasteiger partial charge in [0.15, 0.2) is 0 Å². The van der Waals surface area contributed by atoms with Gasteiger partial charge in [-0.25, -0.2) is 0 Å². The second kappa shape index (κ2) is 13.8. The molecule has 0 aliphatic rings. The van der Waals surface area contributed by atoms with Gasteiger partial charge in [0, 0.05) is 25.1 Å². The van der Waals surface area contributed by atoms with Crippen molar-refractivity contribution in [1.29, 1.82) is 0 Å². The summed E-state index contributed by atoms with van der Waals surface area (Å²) < 4.78 is 4.56. The molecule has 0 bridgehead atoms. The molecule has 0 atom stereocenters. The van der Waals surface area contributed by atoms with E-state index in [0.29, 0.717) is 0 Å². The normalized spacial score (nSPS) is 10.1. The van der Waals surface area contributed by atoms with Gasteiger partial charge in [-0.05, 0) is 33.9 Å². The number of fused-ring (bicyclic) bond motifs is 10. The van der Waals surface area contributed by atoms with Crippen LogP contribution in [0.2, 0.25) is 0 Å². The van der Waals surface area contributed by atoms with Crippen molar-refractivity contribution in [2.75, 3.05) is 0 Å². The molecular formula is C34H32Cl2N2SiZr-4. The van der Waals surface area contributed by atoms with Gasteiger partial charge in [0.05, 0.1) is 0 Å². The zero-order valence-corrected chi connectivity index (χ0v) is 28.2. The number of para-hydroxylation sites is 2. The maximum absolute atomic E-state index is 3.06. The molecule has 0 spiro atoms. The summed E-state index contributed by atoms with van der Waals surface area (Å²) in [7, 11) is 4.28. The van der Waals surface area contributed by atoms with E-state index in [4.69, 9.17) is 0 Å². The Hall–Kier alpha value is -2.62. The van der Waals surface area contributed by atoms with Crippen LogP contribution >= 0.6 is 24.8 Å². The maximum atomic E-state index is 3.06. The van der Waals surface area contributed by atoms with E-state index in [2.05, 4.69) is 139 Å². The van der Waals surface area contributed by atoms with E-state index in [9.17, 15) is 0 Å². The number of aryl methyl sites for hydroxylation is 2. The number of hydrogen-bond donors (Lipinski definition) is 0. The summed E-state index contributed by atoms with van der Waals surface area (Å²) in [6.45, 7) is 3.06. The molecule has 0 amide bonds. The average molecular weight is 659 g/mol. The molecule has 0 fully saturated rings. The first-order valence-corrected chi connectivity index (χ1v) is 16.2. The van der Waals surface area contributed by atoms with Crippen LogP contribution in [0.25, 0.3) is 65.2 Å². The second-order valence-electron chi connectivity index (χ2n) is 9.14. The Morgan fingerprint density at radius 1 is 0.500 bits per heavy atom. The Labute approximate surface area is 265 Å². The van der Waals surface area contributed by atoms with Gasteiger partial charge >= 0.3 is 30.2 Å². The first-order chi connectivity index (χ1) is 17.7. The summed E-state index contributed by atoms with van der Waals surface area (Å²) >= 11 is 1.36. The molecule has 0 unspecified atom stereocenters. The third-order valence-corrected chi connectivity index (χ3v) is 7.35. The van der Waals surface area contributed by atoms with Crippen LogP contribution in [0.3, 0.4) is 0 Å². The van der Waals surface area contributed by atoms with Crippen molar-refractivity contribution in [2.24, 2.45) is 14.1 Å². The second-order valence-corrected chi connectivity index (χ2v) is 9.14. The van der Waals surface area contributed by atoms with Crippen molar-refractivity contribution in [3.8, 4) is 0 Å². The molecule has 0 N–H and O–H groups in total. The molecule has 0 saturated heterocycles. The van der Waals surface area contributed by atoms with Crippen molar-refractivity contribution < 1.29 is 23.3 Å². The fourth-order valence-electron chi connectivity index (χ4n) is 5.73. The number of hydrogen-bond acceptors (Lipinski definition) is 0. The van der Waals surface area contributed by atoms with Crippen molar-refractivity contribution in [3.63, 3.8) is 0 Å². The molecule has 0 saturated carbocycles. The molecule has 40 heavy (non-hydrogen) atoms. The van der Waals surface area contributed by atoms with Gasteiger partial charge in [-0.1, -0.05) is 59.3 Å². The molecule has 0 aliphatic carbocycles. The van der Waals surface area contributed by atoms with Crippen LogP contribution in [-0.4, -0.2) is 16.0 Å². The molecule has 6 aromatic carbocycles. The third-order valence-electron chi connectivity index (χ3n) is 7.35. The quantitative estimate of drug-likeness (QED) is 0.113. The minimum absolute atomic E-state index is 0. The fraction of sp³-hybridized carbons (Fsp3) is 0.0588. The molecule has 6 heteroatoms. The van der Waals surface area contributed by atoms with E-state index < -0.39 is 0 Å². The van der Waals surface area contributed by atoms with E-state index in [1.54, 1.807) is 0 Å². The molecular weight excluding hydrogens is 627 g/mol. The molecule has 0 aliphatic heterocycles. The summed E-state index contributed by atoms with van der Waals surface area (Å²) in [5, 5.41) is 10.9. The Kier molecular flexibility index (Phi) is 11.6. The van der Waals surface area contributed by atoms with Gasteiger partial charge in [0.1, 0.15) is 0 Å². The Morgan fingerprint density at radius 3 is 1.18 bits per heavy atom. The topological polar surface area (TPSA) is 9.86 Å². The van der Waals surface area contributed by atoms with Gasteiger partial charge in [-0.15, -0.1) is 94.9 Å².